The molecule has 100 valence electrons. The highest BCUT2D eigenvalue weighted by Crippen LogP contribution is 2.14. The molecule has 0 aromatic carbocycles. The van der Waals surface area contributed by atoms with Crippen molar-refractivity contribution in [3.8, 4) is 0 Å². The fourth-order valence-corrected chi connectivity index (χ4v) is 1.79. The van der Waals surface area contributed by atoms with E-state index in [1.807, 2.05) is 0 Å². The van der Waals surface area contributed by atoms with Crippen LogP contribution in [-0.4, -0.2) is 49.5 Å². The third kappa shape index (κ3) is 6.35. The van der Waals surface area contributed by atoms with Crippen molar-refractivity contribution >= 4 is 6.09 Å². The van der Waals surface area contributed by atoms with Crippen molar-refractivity contribution in [1.82, 2.24) is 10.2 Å². The Bertz CT molecular complexity index is 252. The standard InChI is InChI=1S/C10H17F3N2O2/c1-8(6-15-4-2-3-5-15)14-9(16)17-7-10(11,12)13/h8H,2-7H2,1H3,(H,14,16). The summed E-state index contributed by atoms with van der Waals surface area (Å²) in [5.41, 5.74) is 0. The van der Waals surface area contributed by atoms with E-state index in [0.717, 1.165) is 25.9 Å². The molecule has 1 aliphatic rings. The van der Waals surface area contributed by atoms with Crippen molar-refractivity contribution in [1.29, 1.82) is 0 Å². The first kappa shape index (κ1) is 14.1. The molecule has 0 aromatic heterocycles. The van der Waals surface area contributed by atoms with E-state index in [1.54, 1.807) is 6.92 Å². The lowest BCUT2D eigenvalue weighted by Crippen LogP contribution is -2.42. The predicted octanol–water partition coefficient (Wildman–Crippen LogP) is 1.76. The molecule has 1 fully saturated rings. The van der Waals surface area contributed by atoms with E-state index in [9.17, 15) is 18.0 Å². The Balaban J connectivity index is 2.16. The van der Waals surface area contributed by atoms with E-state index >= 15 is 0 Å². The molecule has 0 radical (unpaired) electrons. The Morgan fingerprint density at radius 3 is 2.53 bits per heavy atom. The average Bonchev–Trinajstić information content (AvgIpc) is 2.66. The summed E-state index contributed by atoms with van der Waals surface area (Å²) in [5.74, 6) is 0. The van der Waals surface area contributed by atoms with Gasteiger partial charge in [-0.2, -0.15) is 13.2 Å². The number of rotatable bonds is 4. The second kappa shape index (κ2) is 6.09. The lowest BCUT2D eigenvalue weighted by atomic mass is 10.3. The van der Waals surface area contributed by atoms with Crippen LogP contribution >= 0.6 is 0 Å². The number of carbonyl (C=O) groups is 1. The highest BCUT2D eigenvalue weighted by molar-refractivity contribution is 5.67. The van der Waals surface area contributed by atoms with Crippen LogP contribution in [0.1, 0.15) is 19.8 Å². The number of alkyl carbamates (subject to hydrolysis) is 1. The van der Waals surface area contributed by atoms with Crippen LogP contribution in [0.15, 0.2) is 0 Å². The maximum atomic E-state index is 11.8. The Morgan fingerprint density at radius 1 is 1.41 bits per heavy atom. The number of ether oxygens (including phenoxy) is 1. The number of nitrogens with one attached hydrogen (secondary N) is 1. The normalized spacial score (nSPS) is 19.1. The van der Waals surface area contributed by atoms with E-state index < -0.39 is 18.9 Å². The number of carbonyl (C=O) groups excluding carboxylic acids is 1. The Morgan fingerprint density at radius 2 is 2.00 bits per heavy atom. The first-order valence-corrected chi connectivity index (χ1v) is 5.59. The number of nitrogens with zero attached hydrogens (tertiary/aromatic N) is 1. The smallest absolute Gasteiger partial charge is 0.422 e. The van der Waals surface area contributed by atoms with Gasteiger partial charge in [-0.15, -0.1) is 0 Å². The molecule has 4 nitrogen and oxygen atoms in total. The van der Waals surface area contributed by atoms with E-state index in [1.165, 1.54) is 0 Å². The van der Waals surface area contributed by atoms with Gasteiger partial charge in [0, 0.05) is 12.6 Å². The minimum absolute atomic E-state index is 0.214. The molecule has 17 heavy (non-hydrogen) atoms. The van der Waals surface area contributed by atoms with Gasteiger partial charge in [0.05, 0.1) is 0 Å². The quantitative estimate of drug-likeness (QED) is 0.831. The van der Waals surface area contributed by atoms with Crippen molar-refractivity contribution in [2.24, 2.45) is 0 Å². The fourth-order valence-electron chi connectivity index (χ4n) is 1.79. The topological polar surface area (TPSA) is 41.6 Å². The van der Waals surface area contributed by atoms with Gasteiger partial charge in [-0.25, -0.2) is 4.79 Å². The molecule has 1 heterocycles. The molecule has 0 aromatic rings. The van der Waals surface area contributed by atoms with Crippen LogP contribution in [0.3, 0.4) is 0 Å². The number of halogens is 3. The van der Waals surface area contributed by atoms with Gasteiger partial charge >= 0.3 is 12.3 Å². The monoisotopic (exact) mass is 254 g/mol. The molecule has 1 atom stereocenters. The minimum atomic E-state index is -4.48. The van der Waals surface area contributed by atoms with Crippen molar-refractivity contribution in [3.63, 3.8) is 0 Å². The van der Waals surface area contributed by atoms with Gasteiger partial charge in [-0.05, 0) is 32.9 Å². The molecule has 1 rings (SSSR count). The number of hydrogen-bond acceptors (Lipinski definition) is 3. The molecule has 0 aliphatic carbocycles. The first-order chi connectivity index (χ1) is 7.87. The Hall–Kier alpha value is -0.980. The number of alkyl halides is 3. The van der Waals surface area contributed by atoms with Gasteiger partial charge in [0.15, 0.2) is 6.61 Å². The van der Waals surface area contributed by atoms with Crippen molar-refractivity contribution in [2.45, 2.75) is 32.0 Å². The summed E-state index contributed by atoms with van der Waals surface area (Å²) >= 11 is 0. The van der Waals surface area contributed by atoms with Gasteiger partial charge < -0.3 is 15.0 Å². The van der Waals surface area contributed by atoms with E-state index in [0.29, 0.717) is 6.54 Å². The Kier molecular flexibility index (Phi) is 5.04. The molecule has 1 amide bonds. The van der Waals surface area contributed by atoms with Gasteiger partial charge in [0.25, 0.3) is 0 Å². The zero-order valence-corrected chi connectivity index (χ0v) is 9.72. The molecular weight excluding hydrogens is 237 g/mol. The largest absolute Gasteiger partial charge is 0.440 e. The molecule has 1 unspecified atom stereocenters. The maximum Gasteiger partial charge on any atom is 0.422 e. The van der Waals surface area contributed by atoms with Crippen LogP contribution in [0.25, 0.3) is 0 Å². The molecule has 0 spiro atoms. The van der Waals surface area contributed by atoms with Crippen molar-refractivity contribution in [2.75, 3.05) is 26.2 Å². The molecule has 0 saturated carbocycles. The summed E-state index contributed by atoms with van der Waals surface area (Å²) in [4.78, 5) is 13.2. The van der Waals surface area contributed by atoms with Crippen LogP contribution in [0.5, 0.6) is 0 Å². The highest BCUT2D eigenvalue weighted by Gasteiger charge is 2.29. The third-order valence-electron chi connectivity index (χ3n) is 2.46. The van der Waals surface area contributed by atoms with Crippen LogP contribution in [-0.2, 0) is 4.74 Å². The number of amides is 1. The minimum Gasteiger partial charge on any atom is -0.440 e. The lowest BCUT2D eigenvalue weighted by molar-refractivity contribution is -0.160. The second-order valence-electron chi connectivity index (χ2n) is 4.24. The van der Waals surface area contributed by atoms with Crippen LogP contribution < -0.4 is 5.32 Å². The van der Waals surface area contributed by atoms with Gasteiger partial charge in [0.1, 0.15) is 0 Å². The zero-order chi connectivity index (χ0) is 12.9. The van der Waals surface area contributed by atoms with Gasteiger partial charge in [-0.3, -0.25) is 0 Å². The average molecular weight is 254 g/mol. The van der Waals surface area contributed by atoms with E-state index in [4.69, 9.17) is 0 Å². The predicted molar refractivity (Wildman–Crippen MR) is 55.7 cm³/mol. The van der Waals surface area contributed by atoms with Crippen LogP contribution in [0.4, 0.5) is 18.0 Å². The second-order valence-corrected chi connectivity index (χ2v) is 4.24. The van der Waals surface area contributed by atoms with Crippen molar-refractivity contribution in [3.05, 3.63) is 0 Å². The molecule has 1 N–H and O–H groups in total. The summed E-state index contributed by atoms with van der Waals surface area (Å²) in [6, 6.07) is -0.214. The van der Waals surface area contributed by atoms with Gasteiger partial charge in [0.2, 0.25) is 0 Å². The van der Waals surface area contributed by atoms with E-state index in [-0.39, 0.29) is 6.04 Å². The number of hydrogen-bond donors (Lipinski definition) is 1. The molecule has 7 heteroatoms. The van der Waals surface area contributed by atoms with Crippen molar-refractivity contribution < 1.29 is 22.7 Å². The van der Waals surface area contributed by atoms with Gasteiger partial charge in [-0.1, -0.05) is 0 Å². The summed E-state index contributed by atoms with van der Waals surface area (Å²) in [5, 5.41) is 2.38. The molecule has 0 bridgehead atoms. The highest BCUT2D eigenvalue weighted by atomic mass is 19.4. The maximum absolute atomic E-state index is 11.8. The van der Waals surface area contributed by atoms with Crippen LogP contribution in [0.2, 0.25) is 0 Å². The zero-order valence-electron chi connectivity index (χ0n) is 9.72. The number of likely N-dealkylation sites (tertiary alicyclic amines) is 1. The lowest BCUT2D eigenvalue weighted by Gasteiger charge is -2.21. The fraction of sp³-hybridized carbons (Fsp3) is 0.900. The van der Waals surface area contributed by atoms with Crippen LogP contribution in [0, 0.1) is 0 Å². The van der Waals surface area contributed by atoms with E-state index in [2.05, 4.69) is 15.0 Å². The summed E-state index contributed by atoms with van der Waals surface area (Å²) in [6.45, 7) is 2.79. The Labute approximate surface area is 98.1 Å². The molecular formula is C10H17F3N2O2. The summed E-state index contributed by atoms with van der Waals surface area (Å²) in [6.07, 6.45) is -3.24. The SMILES string of the molecule is CC(CN1CCCC1)NC(=O)OCC(F)(F)F. The summed E-state index contributed by atoms with van der Waals surface area (Å²) < 4.78 is 39.4. The summed E-state index contributed by atoms with van der Waals surface area (Å²) in [7, 11) is 0. The molecule has 1 saturated heterocycles. The molecule has 1 aliphatic heterocycles. The first-order valence-electron chi connectivity index (χ1n) is 5.59. The third-order valence-corrected chi connectivity index (χ3v) is 2.46.